The Morgan fingerprint density at radius 2 is 2.11 bits per heavy atom. The van der Waals surface area contributed by atoms with Crippen molar-refractivity contribution in [3.8, 4) is 0 Å². The Kier molecular flexibility index (Phi) is 4.48. The number of aryl methyl sites for hydroxylation is 1. The van der Waals surface area contributed by atoms with Gasteiger partial charge in [-0.25, -0.2) is 15.0 Å². The van der Waals surface area contributed by atoms with Crippen molar-refractivity contribution in [3.05, 3.63) is 25.0 Å². The summed E-state index contributed by atoms with van der Waals surface area (Å²) in [6, 6.07) is 0.519. The average Bonchev–Trinajstić information content (AvgIpc) is 3.18. The van der Waals surface area contributed by atoms with Gasteiger partial charge in [-0.3, -0.25) is 0 Å². The second kappa shape index (κ2) is 6.69. The Morgan fingerprint density at radius 3 is 2.89 bits per heavy atom. The van der Waals surface area contributed by atoms with Crippen LogP contribution in [0.25, 0.3) is 0 Å². The maximum Gasteiger partial charge on any atom is 0.157 e. The number of nitrogens with zero attached hydrogens (tertiary/aromatic N) is 5. The van der Waals surface area contributed by atoms with Gasteiger partial charge in [0.15, 0.2) is 11.6 Å². The number of nitrogens with one attached hydrogen (secondary N) is 1. The molecule has 0 radical (unpaired) electrons. The summed E-state index contributed by atoms with van der Waals surface area (Å²) in [4.78, 5) is 15.5. The lowest BCUT2D eigenvalue weighted by Gasteiger charge is -2.39. The lowest BCUT2D eigenvalue weighted by atomic mass is 9.65. The van der Waals surface area contributed by atoms with E-state index in [4.69, 9.17) is 5.73 Å². The number of nitrogens with two attached hydrogens (primary N) is 1. The highest BCUT2D eigenvalue weighted by molar-refractivity contribution is 5.75. The van der Waals surface area contributed by atoms with Crippen LogP contribution in [-0.2, 0) is 6.54 Å². The van der Waals surface area contributed by atoms with Gasteiger partial charge >= 0.3 is 0 Å². The molecule has 4 rings (SSSR count). The second-order valence-corrected chi connectivity index (χ2v) is 9.38. The van der Waals surface area contributed by atoms with Gasteiger partial charge in [0.1, 0.15) is 12.0 Å². The van der Waals surface area contributed by atoms with E-state index in [2.05, 4.69) is 50.5 Å². The predicted molar refractivity (Wildman–Crippen MR) is 109 cm³/mol. The molecule has 2 unspecified atom stereocenters. The van der Waals surface area contributed by atoms with Crippen molar-refractivity contribution in [1.82, 2.24) is 19.5 Å². The summed E-state index contributed by atoms with van der Waals surface area (Å²) in [6.45, 7) is 9.95. The quantitative estimate of drug-likeness (QED) is 0.761. The van der Waals surface area contributed by atoms with Gasteiger partial charge in [-0.05, 0) is 36.5 Å². The Morgan fingerprint density at radius 1 is 1.26 bits per heavy atom. The van der Waals surface area contributed by atoms with Gasteiger partial charge < -0.3 is 20.5 Å². The van der Waals surface area contributed by atoms with Crippen molar-refractivity contribution in [1.29, 1.82) is 0 Å². The molecule has 1 aliphatic heterocycles. The molecule has 3 heterocycles. The van der Waals surface area contributed by atoms with E-state index in [-0.39, 0.29) is 0 Å². The van der Waals surface area contributed by atoms with Crippen LogP contribution < -0.4 is 16.0 Å². The Labute approximate surface area is 161 Å². The molecule has 2 fully saturated rings. The molecule has 1 saturated heterocycles. The molecule has 3 N–H and O–H groups in total. The van der Waals surface area contributed by atoms with E-state index in [1.807, 2.05) is 12.5 Å². The third kappa shape index (κ3) is 3.73. The molecule has 7 heteroatoms. The van der Waals surface area contributed by atoms with E-state index in [1.165, 1.54) is 19.3 Å². The summed E-state index contributed by atoms with van der Waals surface area (Å²) in [6.07, 6.45) is 11.9. The van der Waals surface area contributed by atoms with Crippen LogP contribution in [0.4, 0.5) is 17.3 Å². The van der Waals surface area contributed by atoms with Crippen LogP contribution >= 0.6 is 0 Å². The van der Waals surface area contributed by atoms with E-state index in [1.54, 1.807) is 12.5 Å². The predicted octanol–water partition coefficient (Wildman–Crippen LogP) is 3.16. The highest BCUT2D eigenvalue weighted by Crippen LogP contribution is 2.53. The first-order chi connectivity index (χ1) is 12.9. The highest BCUT2D eigenvalue weighted by Gasteiger charge is 2.50. The standard InChI is InChI=1S/C20H31N7/c1-19(2)9-15-10-20(3,11-19)12-27(15)18-16(21)17(24-13-25-18)23-5-4-7-26-8-6-22-14-26/h6,8,13-15H,4-5,7,9-12,21H2,1-3H3,(H,23,24,25). The molecule has 0 aromatic carbocycles. The van der Waals surface area contributed by atoms with Crippen LogP contribution in [0.5, 0.6) is 0 Å². The summed E-state index contributed by atoms with van der Waals surface area (Å²) in [5.41, 5.74) is 7.89. The molecule has 2 aromatic rings. The van der Waals surface area contributed by atoms with Gasteiger partial charge in [0.2, 0.25) is 0 Å². The number of nitrogen functional groups attached to an aromatic ring is 1. The fourth-order valence-electron chi connectivity index (χ4n) is 5.35. The first-order valence-corrected chi connectivity index (χ1v) is 9.92. The molecule has 1 aliphatic carbocycles. The SMILES string of the molecule is CC1(C)CC2CC(C)(CN2c2ncnc(NCCCn3ccnc3)c2N)C1. The lowest BCUT2D eigenvalue weighted by Crippen LogP contribution is -2.35. The first-order valence-electron chi connectivity index (χ1n) is 9.92. The van der Waals surface area contributed by atoms with E-state index in [0.717, 1.165) is 37.7 Å². The fraction of sp³-hybridized carbons (Fsp3) is 0.650. The molecule has 7 nitrogen and oxygen atoms in total. The van der Waals surface area contributed by atoms with Crippen LogP contribution in [-0.4, -0.2) is 38.7 Å². The van der Waals surface area contributed by atoms with Crippen molar-refractivity contribution < 1.29 is 0 Å². The molecule has 0 amide bonds. The summed E-state index contributed by atoms with van der Waals surface area (Å²) in [5.74, 6) is 1.64. The summed E-state index contributed by atoms with van der Waals surface area (Å²) < 4.78 is 2.07. The van der Waals surface area contributed by atoms with Crippen molar-refractivity contribution in [3.63, 3.8) is 0 Å². The minimum atomic E-state index is 0.349. The van der Waals surface area contributed by atoms with E-state index < -0.39 is 0 Å². The fourth-order valence-corrected chi connectivity index (χ4v) is 5.35. The first kappa shape index (κ1) is 18.1. The molecule has 0 spiro atoms. The maximum absolute atomic E-state index is 6.49. The summed E-state index contributed by atoms with van der Waals surface area (Å²) >= 11 is 0. The zero-order chi connectivity index (χ0) is 19.1. The smallest absolute Gasteiger partial charge is 0.157 e. The van der Waals surface area contributed by atoms with E-state index in [9.17, 15) is 0 Å². The normalized spacial score (nSPS) is 26.3. The van der Waals surface area contributed by atoms with Gasteiger partial charge in [-0.15, -0.1) is 0 Å². The van der Waals surface area contributed by atoms with Gasteiger partial charge in [0.05, 0.1) is 6.33 Å². The highest BCUT2D eigenvalue weighted by atomic mass is 15.3. The van der Waals surface area contributed by atoms with Gasteiger partial charge in [0.25, 0.3) is 0 Å². The third-order valence-corrected chi connectivity index (χ3v) is 5.99. The zero-order valence-corrected chi connectivity index (χ0v) is 16.6. The number of fused-ring (bicyclic) bond motifs is 2. The van der Waals surface area contributed by atoms with Crippen molar-refractivity contribution in [2.75, 3.05) is 29.0 Å². The maximum atomic E-state index is 6.49. The van der Waals surface area contributed by atoms with Gasteiger partial charge in [-0.1, -0.05) is 20.8 Å². The monoisotopic (exact) mass is 369 g/mol. The molecule has 2 aliphatic rings. The third-order valence-electron chi connectivity index (χ3n) is 5.99. The molecular formula is C20H31N7. The van der Waals surface area contributed by atoms with Crippen molar-refractivity contribution in [2.24, 2.45) is 10.8 Å². The number of hydrogen-bond acceptors (Lipinski definition) is 6. The average molecular weight is 370 g/mol. The van der Waals surface area contributed by atoms with Crippen LogP contribution in [0.1, 0.15) is 46.5 Å². The molecule has 27 heavy (non-hydrogen) atoms. The zero-order valence-electron chi connectivity index (χ0n) is 16.6. The Bertz CT molecular complexity index is 786. The molecule has 2 atom stereocenters. The van der Waals surface area contributed by atoms with Crippen LogP contribution in [0.3, 0.4) is 0 Å². The topological polar surface area (TPSA) is 84.9 Å². The van der Waals surface area contributed by atoms with Crippen LogP contribution in [0.2, 0.25) is 0 Å². The lowest BCUT2D eigenvalue weighted by molar-refractivity contribution is 0.136. The van der Waals surface area contributed by atoms with E-state index in [0.29, 0.717) is 22.6 Å². The van der Waals surface area contributed by atoms with Gasteiger partial charge in [0, 0.05) is 38.1 Å². The van der Waals surface area contributed by atoms with Crippen molar-refractivity contribution >= 4 is 17.3 Å². The summed E-state index contributed by atoms with van der Waals surface area (Å²) in [5, 5.41) is 3.39. The number of hydrogen-bond donors (Lipinski definition) is 2. The molecule has 2 aromatic heterocycles. The molecular weight excluding hydrogens is 338 g/mol. The Balaban J connectivity index is 1.44. The van der Waals surface area contributed by atoms with E-state index >= 15 is 0 Å². The van der Waals surface area contributed by atoms with Crippen LogP contribution in [0.15, 0.2) is 25.0 Å². The number of rotatable bonds is 6. The van der Waals surface area contributed by atoms with Crippen LogP contribution in [0, 0.1) is 10.8 Å². The molecule has 2 bridgehead atoms. The molecule has 146 valence electrons. The number of anilines is 3. The Hall–Kier alpha value is -2.31. The molecule has 1 saturated carbocycles. The second-order valence-electron chi connectivity index (χ2n) is 9.38. The number of imidazole rings is 1. The minimum absolute atomic E-state index is 0.349. The minimum Gasteiger partial charge on any atom is -0.393 e. The number of aromatic nitrogens is 4. The summed E-state index contributed by atoms with van der Waals surface area (Å²) in [7, 11) is 0. The largest absolute Gasteiger partial charge is 0.393 e. The van der Waals surface area contributed by atoms with Crippen molar-refractivity contribution in [2.45, 2.75) is 59.0 Å². The van der Waals surface area contributed by atoms with Gasteiger partial charge in [-0.2, -0.15) is 0 Å².